The Bertz CT molecular complexity index is 870. The summed E-state index contributed by atoms with van der Waals surface area (Å²) in [5, 5.41) is 3.76. The number of hydrogen-bond donors (Lipinski definition) is 1. The van der Waals surface area contributed by atoms with Crippen molar-refractivity contribution in [3.05, 3.63) is 60.3 Å². The van der Waals surface area contributed by atoms with Crippen LogP contribution in [0.2, 0.25) is 0 Å². The SMILES string of the molecule is CSC(=Nc1ccccc1)NN(C)c1nc(C)c2ccccc2[nH+]1.[I-]. The summed E-state index contributed by atoms with van der Waals surface area (Å²) >= 11 is 1.55. The van der Waals surface area contributed by atoms with Crippen molar-refractivity contribution in [1.82, 2.24) is 10.4 Å². The van der Waals surface area contributed by atoms with Gasteiger partial charge in [0.2, 0.25) is 0 Å². The Balaban J connectivity index is 0.00000225. The average Bonchev–Trinajstić information content (AvgIpc) is 2.62. The minimum atomic E-state index is 0. The molecule has 1 heterocycles. The van der Waals surface area contributed by atoms with Crippen molar-refractivity contribution >= 4 is 39.5 Å². The van der Waals surface area contributed by atoms with Crippen molar-refractivity contribution in [3.8, 4) is 0 Å². The van der Waals surface area contributed by atoms with Gasteiger partial charge in [0.15, 0.2) is 5.17 Å². The second-order valence-corrected chi connectivity index (χ2v) is 6.11. The number of nitrogens with zero attached hydrogens (tertiary/aromatic N) is 3. The highest BCUT2D eigenvalue weighted by atomic mass is 127. The maximum Gasteiger partial charge on any atom is 0.414 e. The van der Waals surface area contributed by atoms with Crippen LogP contribution in [0.3, 0.4) is 0 Å². The predicted octanol–water partition coefficient (Wildman–Crippen LogP) is 0.353. The predicted molar refractivity (Wildman–Crippen MR) is 102 cm³/mol. The van der Waals surface area contributed by atoms with Crippen molar-refractivity contribution in [3.63, 3.8) is 0 Å². The van der Waals surface area contributed by atoms with Gasteiger partial charge in [0.25, 0.3) is 0 Å². The molecule has 3 aromatic rings. The molecule has 0 saturated heterocycles. The molecule has 2 aromatic carbocycles. The normalized spacial score (nSPS) is 11.1. The van der Waals surface area contributed by atoms with E-state index in [-0.39, 0.29) is 24.0 Å². The van der Waals surface area contributed by atoms with E-state index in [0.717, 1.165) is 33.4 Å². The van der Waals surface area contributed by atoms with Crippen LogP contribution in [0.15, 0.2) is 59.6 Å². The van der Waals surface area contributed by atoms with Gasteiger partial charge in [-0.2, -0.15) is 5.01 Å². The van der Waals surface area contributed by atoms with E-state index in [4.69, 9.17) is 0 Å². The highest BCUT2D eigenvalue weighted by Crippen LogP contribution is 2.15. The van der Waals surface area contributed by atoms with Crippen LogP contribution in [-0.2, 0) is 0 Å². The number of aryl methyl sites for hydroxylation is 1. The Morgan fingerprint density at radius 2 is 1.80 bits per heavy atom. The van der Waals surface area contributed by atoms with Crippen molar-refractivity contribution in [1.29, 1.82) is 0 Å². The van der Waals surface area contributed by atoms with Crippen LogP contribution < -0.4 is 39.4 Å². The summed E-state index contributed by atoms with van der Waals surface area (Å²) in [4.78, 5) is 12.6. The Morgan fingerprint density at radius 1 is 1.12 bits per heavy atom. The average molecular weight is 465 g/mol. The quantitative estimate of drug-likeness (QED) is 0.263. The van der Waals surface area contributed by atoms with E-state index in [1.54, 1.807) is 11.8 Å². The lowest BCUT2D eigenvalue weighted by molar-refractivity contribution is -0.335. The highest BCUT2D eigenvalue weighted by Gasteiger charge is 2.17. The summed E-state index contributed by atoms with van der Waals surface area (Å²) in [5.41, 5.74) is 6.23. The molecule has 1 aromatic heterocycles. The van der Waals surface area contributed by atoms with E-state index in [1.807, 2.05) is 67.7 Å². The number of halogens is 1. The lowest BCUT2D eigenvalue weighted by Crippen LogP contribution is -3.00. The summed E-state index contributed by atoms with van der Waals surface area (Å²) in [6.45, 7) is 2.01. The lowest BCUT2D eigenvalue weighted by Gasteiger charge is -2.14. The number of amidine groups is 1. The molecule has 0 saturated carbocycles. The highest BCUT2D eigenvalue weighted by molar-refractivity contribution is 8.13. The molecular formula is C18H20IN5S. The minimum absolute atomic E-state index is 0. The summed E-state index contributed by atoms with van der Waals surface area (Å²) in [6, 6.07) is 18.0. The zero-order chi connectivity index (χ0) is 16.9. The van der Waals surface area contributed by atoms with Gasteiger partial charge in [-0.05, 0) is 37.4 Å². The summed E-state index contributed by atoms with van der Waals surface area (Å²) < 4.78 is 0. The fraction of sp³-hybridized carbons (Fsp3) is 0.167. The van der Waals surface area contributed by atoms with E-state index in [2.05, 4.69) is 32.5 Å². The van der Waals surface area contributed by atoms with E-state index in [0.29, 0.717) is 0 Å². The molecule has 0 spiro atoms. The number of anilines is 1. The van der Waals surface area contributed by atoms with Gasteiger partial charge < -0.3 is 24.0 Å². The number of rotatable bonds is 3. The molecule has 130 valence electrons. The molecule has 3 rings (SSSR count). The Kier molecular flexibility index (Phi) is 7.01. The van der Waals surface area contributed by atoms with Gasteiger partial charge >= 0.3 is 5.95 Å². The number of hydrazine groups is 1. The Morgan fingerprint density at radius 3 is 2.52 bits per heavy atom. The second kappa shape index (κ2) is 9.00. The van der Waals surface area contributed by atoms with E-state index in [1.165, 1.54) is 0 Å². The first-order valence-corrected chi connectivity index (χ1v) is 8.86. The van der Waals surface area contributed by atoms with Gasteiger partial charge in [0.05, 0.1) is 18.1 Å². The first-order valence-electron chi connectivity index (χ1n) is 7.64. The van der Waals surface area contributed by atoms with Crippen molar-refractivity contribution in [2.24, 2.45) is 4.99 Å². The van der Waals surface area contributed by atoms with Crippen LogP contribution in [0.5, 0.6) is 0 Å². The largest absolute Gasteiger partial charge is 1.00 e. The van der Waals surface area contributed by atoms with Gasteiger partial charge in [0, 0.05) is 0 Å². The Hall–Kier alpha value is -1.87. The molecule has 2 N–H and O–H groups in total. The number of nitrogens with one attached hydrogen (secondary N) is 2. The van der Waals surface area contributed by atoms with Gasteiger partial charge in [-0.25, -0.2) is 15.4 Å². The third kappa shape index (κ3) is 4.82. The fourth-order valence-electron chi connectivity index (χ4n) is 2.37. The molecule has 0 aliphatic rings. The lowest BCUT2D eigenvalue weighted by atomic mass is 10.2. The first kappa shape index (κ1) is 19.5. The summed E-state index contributed by atoms with van der Waals surface area (Å²) in [6.07, 6.45) is 1.99. The van der Waals surface area contributed by atoms with E-state index >= 15 is 0 Å². The summed E-state index contributed by atoms with van der Waals surface area (Å²) in [7, 11) is 1.92. The van der Waals surface area contributed by atoms with E-state index in [9.17, 15) is 0 Å². The molecule has 25 heavy (non-hydrogen) atoms. The van der Waals surface area contributed by atoms with Crippen LogP contribution in [0, 0.1) is 6.92 Å². The number of aromatic nitrogens is 2. The van der Waals surface area contributed by atoms with Crippen LogP contribution in [0.4, 0.5) is 11.6 Å². The molecular weight excluding hydrogens is 445 g/mol. The third-order valence-electron chi connectivity index (χ3n) is 3.60. The molecule has 0 fully saturated rings. The number of fused-ring (bicyclic) bond motifs is 1. The molecule has 5 nitrogen and oxygen atoms in total. The molecule has 0 radical (unpaired) electrons. The van der Waals surface area contributed by atoms with Crippen LogP contribution in [0.1, 0.15) is 5.69 Å². The van der Waals surface area contributed by atoms with Gasteiger partial charge in [-0.3, -0.25) is 0 Å². The molecule has 0 aliphatic carbocycles. The number of hydrogen-bond acceptors (Lipinski definition) is 4. The third-order valence-corrected chi connectivity index (χ3v) is 4.17. The van der Waals surface area contributed by atoms with Gasteiger partial charge in [-0.15, -0.1) is 0 Å². The maximum absolute atomic E-state index is 4.64. The first-order chi connectivity index (χ1) is 11.7. The molecule has 0 bridgehead atoms. The number of aliphatic imine (C=N–C) groups is 1. The molecule has 0 aliphatic heterocycles. The standard InChI is InChI=1S/C18H19N5S.HI/c1-13-15-11-7-8-12-16(15)21-17(19-13)23(2)22-18(24-3)20-14-9-5-4-6-10-14;/h4-12H,1-3H3,(H,20,22);1H. The van der Waals surface area contributed by atoms with Crippen molar-refractivity contribution < 1.29 is 29.0 Å². The smallest absolute Gasteiger partial charge is 0.414 e. The number of benzene rings is 2. The van der Waals surface area contributed by atoms with Crippen molar-refractivity contribution in [2.45, 2.75) is 6.92 Å². The molecule has 0 unspecified atom stereocenters. The Labute approximate surface area is 169 Å². The maximum atomic E-state index is 4.64. The van der Waals surface area contributed by atoms with Gasteiger partial charge in [-0.1, -0.05) is 47.1 Å². The number of H-pyrrole nitrogens is 1. The number of thioether (sulfide) groups is 1. The van der Waals surface area contributed by atoms with Crippen LogP contribution in [0.25, 0.3) is 10.9 Å². The zero-order valence-corrected chi connectivity index (χ0v) is 17.3. The van der Waals surface area contributed by atoms with Crippen molar-refractivity contribution in [2.75, 3.05) is 18.3 Å². The summed E-state index contributed by atoms with van der Waals surface area (Å²) in [5.74, 6) is 0.737. The zero-order valence-electron chi connectivity index (χ0n) is 14.3. The fourth-order valence-corrected chi connectivity index (χ4v) is 2.79. The van der Waals surface area contributed by atoms with E-state index < -0.39 is 0 Å². The second-order valence-electron chi connectivity index (χ2n) is 5.32. The molecule has 7 heteroatoms. The minimum Gasteiger partial charge on any atom is -1.00 e. The topological polar surface area (TPSA) is 54.7 Å². The van der Waals surface area contributed by atoms with Crippen LogP contribution >= 0.6 is 11.8 Å². The number of aromatic amines is 1. The molecule has 0 amide bonds. The van der Waals surface area contributed by atoms with Crippen LogP contribution in [-0.4, -0.2) is 23.5 Å². The van der Waals surface area contributed by atoms with Gasteiger partial charge in [0.1, 0.15) is 11.2 Å². The molecule has 0 atom stereocenters. The monoisotopic (exact) mass is 465 g/mol. The number of para-hydroxylation sites is 2.